The average molecular weight is 255 g/mol. The van der Waals surface area contributed by atoms with E-state index in [9.17, 15) is 5.11 Å². The van der Waals surface area contributed by atoms with Crippen molar-refractivity contribution in [2.24, 2.45) is 0 Å². The van der Waals surface area contributed by atoms with E-state index in [1.54, 1.807) is 36.4 Å². The molecular formula is C12H8Cl2O2. The summed E-state index contributed by atoms with van der Waals surface area (Å²) in [5, 5.41) is 10.3. The standard InChI is InChI=1S/C12H8Cl2O2/c13-8-4-9(14)6-12(5-8)16-11-3-1-2-10(15)7-11/h1-7,15H. The van der Waals surface area contributed by atoms with Crippen molar-refractivity contribution in [3.63, 3.8) is 0 Å². The van der Waals surface area contributed by atoms with Gasteiger partial charge in [0.05, 0.1) is 0 Å². The van der Waals surface area contributed by atoms with Gasteiger partial charge in [0.1, 0.15) is 17.2 Å². The molecule has 0 amide bonds. The monoisotopic (exact) mass is 254 g/mol. The van der Waals surface area contributed by atoms with Crippen molar-refractivity contribution in [2.75, 3.05) is 0 Å². The van der Waals surface area contributed by atoms with E-state index in [-0.39, 0.29) is 5.75 Å². The number of ether oxygens (including phenoxy) is 1. The average Bonchev–Trinajstić information content (AvgIpc) is 2.15. The molecule has 2 aromatic rings. The fraction of sp³-hybridized carbons (Fsp3) is 0. The SMILES string of the molecule is Oc1cccc(Oc2cc(Cl)cc(Cl)c2)c1. The van der Waals surface area contributed by atoms with Gasteiger partial charge < -0.3 is 9.84 Å². The zero-order valence-electron chi connectivity index (χ0n) is 8.15. The van der Waals surface area contributed by atoms with Crippen LogP contribution in [0.5, 0.6) is 17.2 Å². The van der Waals surface area contributed by atoms with Crippen LogP contribution in [0.25, 0.3) is 0 Å². The molecular weight excluding hydrogens is 247 g/mol. The number of rotatable bonds is 2. The van der Waals surface area contributed by atoms with Gasteiger partial charge in [-0.05, 0) is 30.3 Å². The minimum absolute atomic E-state index is 0.144. The van der Waals surface area contributed by atoms with Crippen LogP contribution in [-0.2, 0) is 0 Å². The van der Waals surface area contributed by atoms with Gasteiger partial charge >= 0.3 is 0 Å². The zero-order valence-corrected chi connectivity index (χ0v) is 9.66. The number of phenols is 1. The molecule has 0 aliphatic carbocycles. The Labute approximate surface area is 103 Å². The molecule has 0 saturated carbocycles. The first-order chi connectivity index (χ1) is 7.63. The Hall–Kier alpha value is -1.38. The maximum atomic E-state index is 9.27. The van der Waals surface area contributed by atoms with E-state index in [1.165, 1.54) is 6.07 Å². The smallest absolute Gasteiger partial charge is 0.131 e. The lowest BCUT2D eigenvalue weighted by Crippen LogP contribution is -1.83. The van der Waals surface area contributed by atoms with Crippen LogP contribution in [0.4, 0.5) is 0 Å². The second kappa shape index (κ2) is 4.64. The Kier molecular flexibility index (Phi) is 3.22. The van der Waals surface area contributed by atoms with Gasteiger partial charge in [-0.2, -0.15) is 0 Å². The minimum Gasteiger partial charge on any atom is -0.508 e. The number of phenolic OH excluding ortho intramolecular Hbond substituents is 1. The Morgan fingerprint density at radius 3 is 2.19 bits per heavy atom. The van der Waals surface area contributed by atoms with Gasteiger partial charge in [-0.1, -0.05) is 29.3 Å². The van der Waals surface area contributed by atoms with Gasteiger partial charge in [-0.15, -0.1) is 0 Å². The van der Waals surface area contributed by atoms with E-state index in [0.717, 1.165) is 0 Å². The fourth-order valence-corrected chi connectivity index (χ4v) is 1.78. The first-order valence-electron chi connectivity index (χ1n) is 4.56. The predicted molar refractivity (Wildman–Crippen MR) is 64.6 cm³/mol. The molecule has 16 heavy (non-hydrogen) atoms. The van der Waals surface area contributed by atoms with Gasteiger partial charge in [0.15, 0.2) is 0 Å². The van der Waals surface area contributed by atoms with Crippen molar-refractivity contribution in [3.05, 3.63) is 52.5 Å². The van der Waals surface area contributed by atoms with Crippen LogP contribution in [0.2, 0.25) is 10.0 Å². The predicted octanol–water partition coefficient (Wildman–Crippen LogP) is 4.49. The van der Waals surface area contributed by atoms with Crippen molar-refractivity contribution in [1.29, 1.82) is 0 Å². The van der Waals surface area contributed by atoms with E-state index in [1.807, 2.05) is 0 Å². The summed E-state index contributed by atoms with van der Waals surface area (Å²) in [7, 11) is 0. The van der Waals surface area contributed by atoms with Gasteiger partial charge in [0.25, 0.3) is 0 Å². The fourth-order valence-electron chi connectivity index (χ4n) is 1.27. The molecule has 2 rings (SSSR count). The highest BCUT2D eigenvalue weighted by Gasteiger charge is 2.01. The van der Waals surface area contributed by atoms with Crippen molar-refractivity contribution in [2.45, 2.75) is 0 Å². The summed E-state index contributed by atoms with van der Waals surface area (Å²) in [6.07, 6.45) is 0. The van der Waals surface area contributed by atoms with Crippen LogP contribution in [-0.4, -0.2) is 5.11 Å². The third-order valence-electron chi connectivity index (χ3n) is 1.89. The van der Waals surface area contributed by atoms with Crippen molar-refractivity contribution in [3.8, 4) is 17.2 Å². The number of halogens is 2. The summed E-state index contributed by atoms with van der Waals surface area (Å²) < 4.78 is 5.49. The quantitative estimate of drug-likeness (QED) is 0.856. The summed E-state index contributed by atoms with van der Waals surface area (Å²) in [6.45, 7) is 0. The van der Waals surface area contributed by atoms with Crippen LogP contribution >= 0.6 is 23.2 Å². The molecule has 82 valence electrons. The molecule has 0 unspecified atom stereocenters. The summed E-state index contributed by atoms with van der Waals surface area (Å²) >= 11 is 11.7. The van der Waals surface area contributed by atoms with Gasteiger partial charge in [-0.25, -0.2) is 0 Å². The van der Waals surface area contributed by atoms with Crippen molar-refractivity contribution < 1.29 is 9.84 Å². The van der Waals surface area contributed by atoms with Gasteiger partial charge in [-0.3, -0.25) is 0 Å². The molecule has 0 heterocycles. The topological polar surface area (TPSA) is 29.5 Å². The van der Waals surface area contributed by atoms with E-state index in [4.69, 9.17) is 27.9 Å². The Morgan fingerprint density at radius 1 is 0.875 bits per heavy atom. The third-order valence-corrected chi connectivity index (χ3v) is 2.33. The Morgan fingerprint density at radius 2 is 1.56 bits per heavy atom. The molecule has 0 spiro atoms. The van der Waals surface area contributed by atoms with Crippen LogP contribution in [0.3, 0.4) is 0 Å². The summed E-state index contributed by atoms with van der Waals surface area (Å²) in [6, 6.07) is 11.4. The zero-order chi connectivity index (χ0) is 11.5. The second-order valence-corrected chi connectivity index (χ2v) is 4.08. The normalized spacial score (nSPS) is 10.1. The second-order valence-electron chi connectivity index (χ2n) is 3.20. The molecule has 0 bridgehead atoms. The van der Waals surface area contributed by atoms with E-state index in [0.29, 0.717) is 21.5 Å². The molecule has 0 aromatic heterocycles. The molecule has 2 nitrogen and oxygen atoms in total. The lowest BCUT2D eigenvalue weighted by molar-refractivity contribution is 0.455. The van der Waals surface area contributed by atoms with Crippen molar-refractivity contribution in [1.82, 2.24) is 0 Å². The molecule has 4 heteroatoms. The van der Waals surface area contributed by atoms with Crippen LogP contribution in [0, 0.1) is 0 Å². The highest BCUT2D eigenvalue weighted by Crippen LogP contribution is 2.29. The van der Waals surface area contributed by atoms with Crippen LogP contribution in [0.15, 0.2) is 42.5 Å². The molecule has 0 atom stereocenters. The molecule has 0 aliphatic rings. The number of hydrogen-bond acceptors (Lipinski definition) is 2. The first-order valence-corrected chi connectivity index (χ1v) is 5.32. The Balaban J connectivity index is 2.27. The lowest BCUT2D eigenvalue weighted by atomic mass is 10.3. The largest absolute Gasteiger partial charge is 0.508 e. The maximum absolute atomic E-state index is 9.27. The summed E-state index contributed by atoms with van der Waals surface area (Å²) in [5.41, 5.74) is 0. The van der Waals surface area contributed by atoms with Gasteiger partial charge in [0, 0.05) is 16.1 Å². The molecule has 2 aromatic carbocycles. The summed E-state index contributed by atoms with van der Waals surface area (Å²) in [4.78, 5) is 0. The lowest BCUT2D eigenvalue weighted by Gasteiger charge is -2.06. The summed E-state index contributed by atoms with van der Waals surface area (Å²) in [5.74, 6) is 1.20. The number of benzene rings is 2. The third kappa shape index (κ3) is 2.81. The van der Waals surface area contributed by atoms with E-state index >= 15 is 0 Å². The van der Waals surface area contributed by atoms with Gasteiger partial charge in [0.2, 0.25) is 0 Å². The van der Waals surface area contributed by atoms with Crippen LogP contribution in [0.1, 0.15) is 0 Å². The molecule has 0 radical (unpaired) electrons. The van der Waals surface area contributed by atoms with Crippen molar-refractivity contribution >= 4 is 23.2 Å². The number of hydrogen-bond donors (Lipinski definition) is 1. The molecule has 1 N–H and O–H groups in total. The highest BCUT2D eigenvalue weighted by molar-refractivity contribution is 6.34. The Bertz CT molecular complexity index is 492. The minimum atomic E-state index is 0.144. The molecule has 0 aliphatic heterocycles. The number of aromatic hydroxyl groups is 1. The maximum Gasteiger partial charge on any atom is 0.131 e. The van der Waals surface area contributed by atoms with E-state index < -0.39 is 0 Å². The van der Waals surface area contributed by atoms with Crippen LogP contribution < -0.4 is 4.74 Å². The molecule has 0 saturated heterocycles. The van der Waals surface area contributed by atoms with E-state index in [2.05, 4.69) is 0 Å². The highest BCUT2D eigenvalue weighted by atomic mass is 35.5. The first kappa shape index (κ1) is 11.1. The molecule has 0 fully saturated rings.